The van der Waals surface area contributed by atoms with Crippen molar-refractivity contribution in [3.63, 3.8) is 0 Å². The Morgan fingerprint density at radius 1 is 1.05 bits per heavy atom. The third-order valence-corrected chi connectivity index (χ3v) is 10.1. The van der Waals surface area contributed by atoms with E-state index in [-0.39, 0.29) is 17.2 Å². The van der Waals surface area contributed by atoms with Crippen LogP contribution in [0.5, 0.6) is 0 Å². The van der Waals surface area contributed by atoms with Crippen molar-refractivity contribution in [1.29, 1.82) is 0 Å². The number of hydrogen-bond donors (Lipinski definition) is 1. The van der Waals surface area contributed by atoms with Gasteiger partial charge in [0.05, 0.1) is 12.2 Å². The summed E-state index contributed by atoms with van der Waals surface area (Å²) in [5.41, 5.74) is 0. The quantitative estimate of drug-likeness (QED) is 0.811. The van der Waals surface area contributed by atoms with E-state index in [1.54, 1.807) is 0 Å². The fraction of sp³-hybridized carbons (Fsp3) is 1.00. The molecule has 0 aromatic rings. The molecule has 3 nitrogen and oxygen atoms in total. The van der Waals surface area contributed by atoms with Gasteiger partial charge in [0.2, 0.25) is 0 Å². The molecule has 3 atom stereocenters. The zero-order chi connectivity index (χ0) is 15.0. The summed E-state index contributed by atoms with van der Waals surface area (Å²) in [5, 5.41) is 11.0. The van der Waals surface area contributed by atoms with E-state index in [0.29, 0.717) is 6.04 Å². The topological polar surface area (TPSA) is 32.7 Å². The molecule has 2 aliphatic rings. The molecule has 0 unspecified atom stereocenters. The largest absolute Gasteiger partial charge is 0.411 e. The Kier molecular flexibility index (Phi) is 5.00. The molecule has 0 spiro atoms. The lowest BCUT2D eigenvalue weighted by atomic mass is 9.89. The maximum atomic E-state index is 10.8. The monoisotopic (exact) mass is 299 g/mol. The second kappa shape index (κ2) is 6.07. The SMILES string of the molecule is CC(C)(C)[Si](C)(C)O[C@H]1CCC[C@@H](N2CCCC2)[C@@H]1O. The molecule has 1 saturated carbocycles. The highest BCUT2D eigenvalue weighted by molar-refractivity contribution is 6.74. The van der Waals surface area contributed by atoms with Gasteiger partial charge in [-0.2, -0.15) is 0 Å². The Labute approximate surface area is 125 Å². The Hall–Kier alpha value is 0.0969. The van der Waals surface area contributed by atoms with Crippen molar-refractivity contribution in [2.75, 3.05) is 13.1 Å². The minimum absolute atomic E-state index is 0.0511. The van der Waals surface area contributed by atoms with Crippen molar-refractivity contribution in [2.45, 2.75) is 89.3 Å². The van der Waals surface area contributed by atoms with Gasteiger partial charge in [0.25, 0.3) is 0 Å². The Balaban J connectivity index is 2.01. The molecule has 20 heavy (non-hydrogen) atoms. The van der Waals surface area contributed by atoms with Gasteiger partial charge in [-0.1, -0.05) is 20.8 Å². The normalized spacial score (nSPS) is 33.6. The first-order chi connectivity index (χ1) is 9.22. The number of rotatable bonds is 3. The van der Waals surface area contributed by atoms with Gasteiger partial charge in [-0.25, -0.2) is 0 Å². The maximum Gasteiger partial charge on any atom is 0.192 e. The van der Waals surface area contributed by atoms with Gasteiger partial charge in [0.15, 0.2) is 8.32 Å². The van der Waals surface area contributed by atoms with Crippen LogP contribution in [-0.4, -0.2) is 49.7 Å². The summed E-state index contributed by atoms with van der Waals surface area (Å²) in [6.45, 7) is 13.7. The molecule has 1 aliphatic carbocycles. The number of hydrogen-bond acceptors (Lipinski definition) is 3. The second-order valence-corrected chi connectivity index (χ2v) is 12.9. The first-order valence-corrected chi connectivity index (χ1v) is 11.2. The van der Waals surface area contributed by atoms with Gasteiger partial charge < -0.3 is 9.53 Å². The fourth-order valence-corrected chi connectivity index (χ4v) is 4.64. The number of likely N-dealkylation sites (tertiary alicyclic amines) is 1. The summed E-state index contributed by atoms with van der Waals surface area (Å²) in [7, 11) is -1.78. The third kappa shape index (κ3) is 3.46. The van der Waals surface area contributed by atoms with E-state index in [0.717, 1.165) is 25.9 Å². The molecular weight excluding hydrogens is 266 g/mol. The van der Waals surface area contributed by atoms with Crippen LogP contribution in [0.25, 0.3) is 0 Å². The lowest BCUT2D eigenvalue weighted by molar-refractivity contribution is -0.0532. The molecule has 0 aromatic heterocycles. The maximum absolute atomic E-state index is 10.8. The molecule has 118 valence electrons. The van der Waals surface area contributed by atoms with Crippen molar-refractivity contribution in [1.82, 2.24) is 4.90 Å². The first-order valence-electron chi connectivity index (χ1n) is 8.32. The second-order valence-electron chi connectivity index (χ2n) is 8.15. The average molecular weight is 300 g/mol. The Bertz CT molecular complexity index is 321. The summed E-state index contributed by atoms with van der Waals surface area (Å²) < 4.78 is 6.51. The number of aliphatic hydroxyl groups is 1. The molecule has 1 aliphatic heterocycles. The van der Waals surface area contributed by atoms with Crippen molar-refractivity contribution in [3.05, 3.63) is 0 Å². The predicted molar refractivity (Wildman–Crippen MR) is 86.5 cm³/mol. The van der Waals surface area contributed by atoms with Crippen LogP contribution in [0.1, 0.15) is 52.9 Å². The van der Waals surface area contributed by atoms with Gasteiger partial charge in [0.1, 0.15) is 0 Å². The van der Waals surface area contributed by atoms with Gasteiger partial charge in [-0.05, 0) is 63.3 Å². The Morgan fingerprint density at radius 3 is 2.20 bits per heavy atom. The lowest BCUT2D eigenvalue weighted by Gasteiger charge is -2.45. The summed E-state index contributed by atoms with van der Waals surface area (Å²) in [6.07, 6.45) is 5.69. The van der Waals surface area contributed by atoms with Crippen LogP contribution in [0.4, 0.5) is 0 Å². The lowest BCUT2D eigenvalue weighted by Crippen LogP contribution is -2.55. The first kappa shape index (κ1) is 16.5. The van der Waals surface area contributed by atoms with Crippen LogP contribution in [0, 0.1) is 0 Å². The molecule has 0 radical (unpaired) electrons. The van der Waals surface area contributed by atoms with Crippen molar-refractivity contribution < 1.29 is 9.53 Å². The summed E-state index contributed by atoms with van der Waals surface area (Å²) >= 11 is 0. The molecule has 0 bridgehead atoms. The van der Waals surface area contributed by atoms with E-state index in [9.17, 15) is 5.11 Å². The van der Waals surface area contributed by atoms with Gasteiger partial charge in [-0.15, -0.1) is 0 Å². The standard InChI is InChI=1S/C16H33NO2Si/c1-16(2,3)20(4,5)19-14-10-8-9-13(15(14)18)17-11-6-7-12-17/h13-15,18H,6-12H2,1-5H3/t13-,14+,15+/m1/s1. The molecule has 1 N–H and O–H groups in total. The summed E-state index contributed by atoms with van der Waals surface area (Å²) in [5.74, 6) is 0. The van der Waals surface area contributed by atoms with E-state index in [1.165, 1.54) is 19.3 Å². The highest BCUT2D eigenvalue weighted by Crippen LogP contribution is 2.39. The minimum Gasteiger partial charge on any atom is -0.411 e. The van der Waals surface area contributed by atoms with Crippen LogP contribution >= 0.6 is 0 Å². The van der Waals surface area contributed by atoms with Crippen LogP contribution in [0.3, 0.4) is 0 Å². The van der Waals surface area contributed by atoms with Crippen LogP contribution in [0.2, 0.25) is 18.1 Å². The van der Waals surface area contributed by atoms with Gasteiger partial charge in [-0.3, -0.25) is 4.90 Å². The fourth-order valence-electron chi connectivity index (χ4n) is 3.27. The molecule has 4 heteroatoms. The number of aliphatic hydroxyl groups excluding tert-OH is 1. The van der Waals surface area contributed by atoms with Crippen LogP contribution < -0.4 is 0 Å². The van der Waals surface area contributed by atoms with Crippen molar-refractivity contribution >= 4 is 8.32 Å². The highest BCUT2D eigenvalue weighted by atomic mass is 28.4. The molecule has 2 fully saturated rings. The van der Waals surface area contributed by atoms with E-state index in [1.807, 2.05) is 0 Å². The van der Waals surface area contributed by atoms with Crippen LogP contribution in [-0.2, 0) is 4.43 Å². The third-order valence-electron chi connectivity index (χ3n) is 5.63. The van der Waals surface area contributed by atoms with Gasteiger partial charge in [0, 0.05) is 6.04 Å². The molecule has 2 rings (SSSR count). The average Bonchev–Trinajstić information content (AvgIpc) is 2.83. The van der Waals surface area contributed by atoms with E-state index >= 15 is 0 Å². The Morgan fingerprint density at radius 2 is 1.65 bits per heavy atom. The molecule has 0 amide bonds. The summed E-state index contributed by atoms with van der Waals surface area (Å²) in [6, 6.07) is 0.334. The number of nitrogens with zero attached hydrogens (tertiary/aromatic N) is 1. The molecule has 1 heterocycles. The predicted octanol–water partition coefficient (Wildman–Crippen LogP) is 3.39. The highest BCUT2D eigenvalue weighted by Gasteiger charge is 2.44. The molecular formula is C16H33NO2Si. The van der Waals surface area contributed by atoms with E-state index in [4.69, 9.17) is 4.43 Å². The van der Waals surface area contributed by atoms with E-state index in [2.05, 4.69) is 38.8 Å². The van der Waals surface area contributed by atoms with Gasteiger partial charge >= 0.3 is 0 Å². The van der Waals surface area contributed by atoms with E-state index < -0.39 is 8.32 Å². The molecule has 0 aromatic carbocycles. The van der Waals surface area contributed by atoms with Crippen molar-refractivity contribution in [2.24, 2.45) is 0 Å². The smallest absolute Gasteiger partial charge is 0.192 e. The summed E-state index contributed by atoms with van der Waals surface area (Å²) in [4.78, 5) is 2.49. The molecule has 1 saturated heterocycles. The van der Waals surface area contributed by atoms with Crippen molar-refractivity contribution in [3.8, 4) is 0 Å². The minimum atomic E-state index is -1.78. The van der Waals surface area contributed by atoms with Crippen LogP contribution in [0.15, 0.2) is 0 Å². The zero-order valence-electron chi connectivity index (χ0n) is 14.0. The zero-order valence-corrected chi connectivity index (χ0v) is 15.0.